The quantitative estimate of drug-likeness (QED) is 0.306. The van der Waals surface area contributed by atoms with Crippen LogP contribution < -0.4 is 29.9 Å². The average Bonchev–Trinajstić information content (AvgIpc) is 3.17. The summed E-state index contributed by atoms with van der Waals surface area (Å²) in [5.41, 5.74) is 1.11. The van der Waals surface area contributed by atoms with Crippen molar-refractivity contribution in [2.75, 3.05) is 19.8 Å². The molecule has 2 heterocycles. The number of ether oxygens (including phenoxy) is 3. The molecule has 0 fully saturated rings. The van der Waals surface area contributed by atoms with Gasteiger partial charge in [0.15, 0.2) is 11.5 Å². The van der Waals surface area contributed by atoms with Gasteiger partial charge in [0.05, 0.1) is 24.4 Å². The predicted octanol–water partition coefficient (Wildman–Crippen LogP) is 3.63. The molecular weight excluding hydrogens is 478 g/mol. The lowest BCUT2D eigenvalue weighted by molar-refractivity contribution is 0.277. The fraction of sp³-hybridized carbons (Fsp3) is 0.333. The average molecular weight is 508 g/mol. The largest absolute Gasteiger partial charge is 0.494 e. The van der Waals surface area contributed by atoms with Gasteiger partial charge >= 0.3 is 0 Å². The molecule has 0 saturated heterocycles. The van der Waals surface area contributed by atoms with Crippen molar-refractivity contribution < 1.29 is 14.2 Å². The highest BCUT2D eigenvalue weighted by molar-refractivity contribution is 7.15. The van der Waals surface area contributed by atoms with Gasteiger partial charge in [-0.1, -0.05) is 43.4 Å². The van der Waals surface area contributed by atoms with E-state index in [9.17, 15) is 9.59 Å². The molecule has 36 heavy (non-hydrogen) atoms. The van der Waals surface area contributed by atoms with E-state index in [1.165, 1.54) is 4.52 Å². The van der Waals surface area contributed by atoms with Crippen molar-refractivity contribution in [2.24, 2.45) is 0 Å². The summed E-state index contributed by atoms with van der Waals surface area (Å²) >= 11 is 1.13. The molecule has 0 N–H and O–H groups in total. The maximum Gasteiger partial charge on any atom is 0.296 e. The smallest absolute Gasteiger partial charge is 0.296 e. The Morgan fingerprint density at radius 3 is 2.39 bits per heavy atom. The lowest BCUT2D eigenvalue weighted by atomic mass is 10.1. The second-order valence-corrected chi connectivity index (χ2v) is 9.14. The third kappa shape index (κ3) is 5.91. The first-order valence-electron chi connectivity index (χ1n) is 12.1. The molecule has 2 aromatic carbocycles. The Kier molecular flexibility index (Phi) is 8.32. The number of hydrogen-bond acceptors (Lipinski definition) is 8. The summed E-state index contributed by atoms with van der Waals surface area (Å²) in [6.45, 7) is 7.73. The van der Waals surface area contributed by atoms with Crippen molar-refractivity contribution in [2.45, 2.75) is 40.0 Å². The van der Waals surface area contributed by atoms with Crippen LogP contribution in [0.3, 0.4) is 0 Å². The van der Waals surface area contributed by atoms with Gasteiger partial charge in [-0.05, 0) is 61.2 Å². The molecule has 8 nitrogen and oxygen atoms in total. The van der Waals surface area contributed by atoms with Crippen LogP contribution in [0.1, 0.15) is 50.4 Å². The van der Waals surface area contributed by atoms with Crippen LogP contribution in [0.25, 0.3) is 11.0 Å². The molecule has 0 bridgehead atoms. The number of rotatable bonds is 11. The number of nitrogens with zero attached hydrogens (tertiary/aromatic N) is 3. The molecule has 0 radical (unpaired) electrons. The third-order valence-corrected chi connectivity index (χ3v) is 6.20. The Morgan fingerprint density at radius 2 is 1.67 bits per heavy atom. The number of thiazole rings is 1. The lowest BCUT2D eigenvalue weighted by Gasteiger charge is -2.11. The predicted molar refractivity (Wildman–Crippen MR) is 141 cm³/mol. The summed E-state index contributed by atoms with van der Waals surface area (Å²) in [7, 11) is 0. The third-order valence-electron chi connectivity index (χ3n) is 5.25. The van der Waals surface area contributed by atoms with Crippen LogP contribution >= 0.6 is 11.3 Å². The summed E-state index contributed by atoms with van der Waals surface area (Å²) in [4.78, 5) is 30.1. The molecule has 0 spiro atoms. The van der Waals surface area contributed by atoms with Crippen LogP contribution in [0, 0.1) is 0 Å². The molecule has 4 rings (SSSR count). The molecule has 0 aliphatic carbocycles. The van der Waals surface area contributed by atoms with Gasteiger partial charge in [0.25, 0.3) is 11.1 Å². The summed E-state index contributed by atoms with van der Waals surface area (Å²) in [5.74, 6) is 2.06. The fourth-order valence-corrected chi connectivity index (χ4v) is 4.44. The van der Waals surface area contributed by atoms with Crippen molar-refractivity contribution in [3.8, 4) is 17.2 Å². The number of aromatic nitrogens is 3. The van der Waals surface area contributed by atoms with E-state index in [4.69, 9.17) is 14.2 Å². The van der Waals surface area contributed by atoms with Crippen molar-refractivity contribution in [3.63, 3.8) is 0 Å². The molecule has 2 aromatic heterocycles. The highest BCUT2D eigenvalue weighted by atomic mass is 32.1. The molecule has 0 aliphatic rings. The van der Waals surface area contributed by atoms with E-state index >= 15 is 0 Å². The summed E-state index contributed by atoms with van der Waals surface area (Å²) in [6.07, 6.45) is 3.83. The molecule has 0 saturated carbocycles. The SMILES string of the molecule is CCCOc1ccc(Cc2nn3c(=O)/c(=C/c4ccc(OCCC)c(OCC)c4)sc3nc2=O)cc1. The monoisotopic (exact) mass is 507 g/mol. The Bertz CT molecular complexity index is 1500. The van der Waals surface area contributed by atoms with Crippen molar-refractivity contribution >= 4 is 22.4 Å². The van der Waals surface area contributed by atoms with Gasteiger partial charge in [0.2, 0.25) is 4.96 Å². The number of hydrogen-bond donors (Lipinski definition) is 0. The van der Waals surface area contributed by atoms with Crippen LogP contribution in [0.15, 0.2) is 52.1 Å². The summed E-state index contributed by atoms with van der Waals surface area (Å²) in [6, 6.07) is 13.0. The van der Waals surface area contributed by atoms with Crippen molar-refractivity contribution in [1.29, 1.82) is 0 Å². The van der Waals surface area contributed by atoms with E-state index in [-0.39, 0.29) is 22.6 Å². The summed E-state index contributed by atoms with van der Waals surface area (Å²) < 4.78 is 18.7. The van der Waals surface area contributed by atoms with Crippen LogP contribution in [0.4, 0.5) is 0 Å². The van der Waals surface area contributed by atoms with Gasteiger partial charge in [0, 0.05) is 6.42 Å². The molecule has 4 aromatic rings. The van der Waals surface area contributed by atoms with Crippen LogP contribution in [-0.2, 0) is 6.42 Å². The minimum atomic E-state index is -0.440. The zero-order chi connectivity index (χ0) is 25.5. The van der Waals surface area contributed by atoms with Crippen LogP contribution in [0.2, 0.25) is 0 Å². The lowest BCUT2D eigenvalue weighted by Crippen LogP contribution is -2.28. The van der Waals surface area contributed by atoms with E-state index in [1.807, 2.05) is 63.2 Å². The molecule has 0 aliphatic heterocycles. The molecule has 0 atom stereocenters. The molecule has 9 heteroatoms. The molecule has 0 amide bonds. The second-order valence-electron chi connectivity index (χ2n) is 8.13. The maximum absolute atomic E-state index is 13.1. The first-order chi connectivity index (χ1) is 17.5. The Hall–Kier alpha value is -3.72. The van der Waals surface area contributed by atoms with E-state index in [2.05, 4.69) is 10.1 Å². The van der Waals surface area contributed by atoms with Gasteiger partial charge in [-0.2, -0.15) is 14.6 Å². The Labute approximate surface area is 212 Å². The minimum absolute atomic E-state index is 0.215. The first-order valence-corrected chi connectivity index (χ1v) is 12.9. The van der Waals surface area contributed by atoms with Crippen LogP contribution in [-0.4, -0.2) is 34.4 Å². The van der Waals surface area contributed by atoms with Crippen LogP contribution in [0.5, 0.6) is 17.2 Å². The van der Waals surface area contributed by atoms with Gasteiger partial charge in [0.1, 0.15) is 11.4 Å². The second kappa shape index (κ2) is 11.8. The first kappa shape index (κ1) is 25.4. The van der Waals surface area contributed by atoms with Gasteiger partial charge in [-0.25, -0.2) is 0 Å². The topological polar surface area (TPSA) is 92.0 Å². The molecule has 0 unspecified atom stereocenters. The van der Waals surface area contributed by atoms with Gasteiger partial charge < -0.3 is 14.2 Å². The van der Waals surface area contributed by atoms with Crippen molar-refractivity contribution in [3.05, 3.63) is 84.5 Å². The maximum atomic E-state index is 13.1. The van der Waals surface area contributed by atoms with E-state index in [0.717, 1.165) is 41.1 Å². The standard InChI is InChI=1S/C27H29N3O5S/c1-4-13-34-20-10-7-18(8-11-20)15-21-25(31)28-27-30(29-21)26(32)24(36-27)17-19-9-12-22(35-14-5-2)23(16-19)33-6-3/h7-12,16-17H,4-6,13-15H2,1-3H3/b24-17-. The highest BCUT2D eigenvalue weighted by Gasteiger charge is 2.13. The fourth-order valence-electron chi connectivity index (χ4n) is 3.53. The molecular formula is C27H29N3O5S. The minimum Gasteiger partial charge on any atom is -0.494 e. The van der Waals surface area contributed by atoms with Crippen molar-refractivity contribution in [1.82, 2.24) is 14.6 Å². The van der Waals surface area contributed by atoms with E-state index < -0.39 is 5.56 Å². The zero-order valence-electron chi connectivity index (χ0n) is 20.7. The number of benzene rings is 2. The zero-order valence-corrected chi connectivity index (χ0v) is 21.5. The van der Waals surface area contributed by atoms with E-state index in [1.54, 1.807) is 6.08 Å². The number of fused-ring (bicyclic) bond motifs is 1. The van der Waals surface area contributed by atoms with Gasteiger partial charge in [-0.15, -0.1) is 0 Å². The summed E-state index contributed by atoms with van der Waals surface area (Å²) in [5, 5.41) is 4.34. The Balaban J connectivity index is 1.64. The molecule has 188 valence electrons. The van der Waals surface area contributed by atoms with Gasteiger partial charge in [-0.3, -0.25) is 9.59 Å². The Morgan fingerprint density at radius 1 is 0.917 bits per heavy atom. The van der Waals surface area contributed by atoms with E-state index in [0.29, 0.717) is 35.9 Å². The highest BCUT2D eigenvalue weighted by Crippen LogP contribution is 2.29. The normalized spacial score (nSPS) is 11.7.